The number of halogens is 1. The zero-order chi connectivity index (χ0) is 20.0. The first kappa shape index (κ1) is 20.6. The number of likely N-dealkylation sites (N-methyl/N-ethyl adjacent to an activating group) is 1. The Hall–Kier alpha value is -2.73. The molecule has 0 aliphatic rings. The van der Waals surface area contributed by atoms with Gasteiger partial charge in [0.2, 0.25) is 5.91 Å². The van der Waals surface area contributed by atoms with E-state index in [-0.39, 0.29) is 17.4 Å². The first-order valence-electron chi connectivity index (χ1n) is 8.84. The number of hydrogen-bond donors (Lipinski definition) is 1. The molecule has 0 spiro atoms. The zero-order valence-electron chi connectivity index (χ0n) is 16.1. The summed E-state index contributed by atoms with van der Waals surface area (Å²) < 4.78 is 18.8. The van der Waals surface area contributed by atoms with Crippen molar-refractivity contribution in [1.29, 1.82) is 0 Å². The van der Waals surface area contributed by atoms with Gasteiger partial charge >= 0.3 is 0 Å². The molecule has 5 nitrogen and oxygen atoms in total. The largest absolute Gasteiger partial charge is 0.494 e. The lowest BCUT2D eigenvalue weighted by Crippen LogP contribution is -2.41. The first-order chi connectivity index (χ1) is 12.8. The van der Waals surface area contributed by atoms with Gasteiger partial charge in [0.25, 0.3) is 0 Å². The number of nitrogens with zero attached hydrogens (tertiary/aromatic N) is 1. The second kappa shape index (κ2) is 9.28. The van der Waals surface area contributed by atoms with E-state index in [1.165, 1.54) is 20.1 Å². The van der Waals surface area contributed by atoms with Crippen molar-refractivity contribution in [3.8, 4) is 5.75 Å². The Balaban J connectivity index is 2.04. The third-order valence-corrected chi connectivity index (χ3v) is 4.49. The highest BCUT2D eigenvalue weighted by Gasteiger charge is 2.21. The molecule has 0 saturated heterocycles. The molecule has 2 rings (SSSR count). The van der Waals surface area contributed by atoms with Crippen LogP contribution in [0.5, 0.6) is 5.75 Å². The van der Waals surface area contributed by atoms with E-state index in [0.717, 1.165) is 5.56 Å². The Morgan fingerprint density at radius 1 is 1.19 bits per heavy atom. The number of rotatable bonds is 8. The topological polar surface area (TPSA) is 58.6 Å². The van der Waals surface area contributed by atoms with Gasteiger partial charge in [-0.1, -0.05) is 13.0 Å². The summed E-state index contributed by atoms with van der Waals surface area (Å²) >= 11 is 0. The van der Waals surface area contributed by atoms with Crippen LogP contribution in [-0.2, 0) is 11.3 Å². The normalized spacial score (nSPS) is 11.9. The standard InChI is InChI=1S/C21H25FN2O3/c1-5-24(13-16-6-11-20(27-4)19(22)12-16)14(2)21(26)23-18-9-7-17(8-10-18)15(3)25/h6-12,14H,5,13H2,1-4H3,(H,23,26). The van der Waals surface area contributed by atoms with E-state index in [1.54, 1.807) is 36.4 Å². The molecule has 1 atom stereocenters. The molecule has 0 aromatic heterocycles. The molecule has 0 aliphatic heterocycles. The van der Waals surface area contributed by atoms with Gasteiger partial charge in [-0.15, -0.1) is 0 Å². The van der Waals surface area contributed by atoms with Gasteiger partial charge in [-0.3, -0.25) is 14.5 Å². The van der Waals surface area contributed by atoms with Crippen LogP contribution in [0.3, 0.4) is 0 Å². The minimum absolute atomic E-state index is 0.0230. The molecule has 1 amide bonds. The van der Waals surface area contributed by atoms with Crippen LogP contribution in [0.1, 0.15) is 36.7 Å². The third-order valence-electron chi connectivity index (χ3n) is 4.49. The maximum atomic E-state index is 13.9. The second-order valence-corrected chi connectivity index (χ2v) is 6.33. The maximum Gasteiger partial charge on any atom is 0.241 e. The van der Waals surface area contributed by atoms with Gasteiger partial charge in [0, 0.05) is 17.8 Å². The highest BCUT2D eigenvalue weighted by Crippen LogP contribution is 2.19. The summed E-state index contributed by atoms with van der Waals surface area (Å²) in [7, 11) is 1.42. The summed E-state index contributed by atoms with van der Waals surface area (Å²) in [4.78, 5) is 25.8. The predicted octanol–water partition coefficient (Wildman–Crippen LogP) is 3.89. The minimum atomic E-state index is -0.422. The van der Waals surface area contributed by atoms with Gasteiger partial charge in [0.1, 0.15) is 0 Å². The van der Waals surface area contributed by atoms with E-state index in [4.69, 9.17) is 4.74 Å². The smallest absolute Gasteiger partial charge is 0.241 e. The molecule has 144 valence electrons. The molecule has 2 aromatic rings. The van der Waals surface area contributed by atoms with Crippen molar-refractivity contribution in [1.82, 2.24) is 4.90 Å². The van der Waals surface area contributed by atoms with Crippen LogP contribution in [0.4, 0.5) is 10.1 Å². The average Bonchev–Trinajstić information content (AvgIpc) is 2.66. The fourth-order valence-electron chi connectivity index (χ4n) is 2.77. The highest BCUT2D eigenvalue weighted by atomic mass is 19.1. The lowest BCUT2D eigenvalue weighted by Gasteiger charge is -2.27. The molecule has 0 bridgehead atoms. The van der Waals surface area contributed by atoms with Gasteiger partial charge in [-0.25, -0.2) is 4.39 Å². The summed E-state index contributed by atoms with van der Waals surface area (Å²) in [6, 6.07) is 11.2. The summed E-state index contributed by atoms with van der Waals surface area (Å²) in [6.07, 6.45) is 0. The maximum absolute atomic E-state index is 13.9. The molecule has 0 aliphatic carbocycles. The molecule has 1 unspecified atom stereocenters. The molecular formula is C21H25FN2O3. The summed E-state index contributed by atoms with van der Waals surface area (Å²) in [5.74, 6) is -0.415. The van der Waals surface area contributed by atoms with Crippen molar-refractivity contribution >= 4 is 17.4 Å². The predicted molar refractivity (Wildman–Crippen MR) is 104 cm³/mol. The van der Waals surface area contributed by atoms with Crippen LogP contribution in [0.25, 0.3) is 0 Å². The van der Waals surface area contributed by atoms with Gasteiger partial charge < -0.3 is 10.1 Å². The number of amides is 1. The lowest BCUT2D eigenvalue weighted by atomic mass is 10.1. The number of Topliss-reactive ketones (excluding diaryl/α,β-unsaturated/α-hetero) is 1. The molecular weight excluding hydrogens is 347 g/mol. The van der Waals surface area contributed by atoms with Crippen LogP contribution in [-0.4, -0.2) is 36.3 Å². The van der Waals surface area contributed by atoms with Gasteiger partial charge in [0.05, 0.1) is 13.2 Å². The van der Waals surface area contributed by atoms with Crippen molar-refractivity contribution in [3.63, 3.8) is 0 Å². The number of nitrogens with one attached hydrogen (secondary N) is 1. The van der Waals surface area contributed by atoms with Crippen molar-refractivity contribution in [2.24, 2.45) is 0 Å². The van der Waals surface area contributed by atoms with Gasteiger partial charge in [-0.05, 0) is 62.4 Å². The highest BCUT2D eigenvalue weighted by molar-refractivity contribution is 5.96. The number of methoxy groups -OCH3 is 1. The van der Waals surface area contributed by atoms with E-state index in [1.807, 2.05) is 18.7 Å². The Kier molecular flexibility index (Phi) is 7.07. The Morgan fingerprint density at radius 2 is 1.85 bits per heavy atom. The van der Waals surface area contributed by atoms with Crippen LogP contribution >= 0.6 is 0 Å². The molecule has 27 heavy (non-hydrogen) atoms. The number of hydrogen-bond acceptors (Lipinski definition) is 4. The van der Waals surface area contributed by atoms with E-state index in [9.17, 15) is 14.0 Å². The van der Waals surface area contributed by atoms with E-state index >= 15 is 0 Å². The minimum Gasteiger partial charge on any atom is -0.494 e. The van der Waals surface area contributed by atoms with Crippen LogP contribution in [0.2, 0.25) is 0 Å². The van der Waals surface area contributed by atoms with Crippen molar-refractivity contribution in [2.75, 3.05) is 19.0 Å². The molecule has 2 aromatic carbocycles. The number of carbonyl (C=O) groups is 2. The lowest BCUT2D eigenvalue weighted by molar-refractivity contribution is -0.120. The quantitative estimate of drug-likeness (QED) is 0.715. The van der Waals surface area contributed by atoms with E-state index in [2.05, 4.69) is 5.32 Å². The molecule has 6 heteroatoms. The van der Waals surface area contributed by atoms with Crippen LogP contribution in [0, 0.1) is 5.82 Å². The number of ether oxygens (including phenoxy) is 1. The number of carbonyl (C=O) groups excluding carboxylic acids is 2. The van der Waals surface area contributed by atoms with Crippen molar-refractivity contribution in [2.45, 2.75) is 33.4 Å². The van der Waals surface area contributed by atoms with E-state index in [0.29, 0.717) is 24.3 Å². The fourth-order valence-corrected chi connectivity index (χ4v) is 2.77. The number of anilines is 1. The average molecular weight is 372 g/mol. The van der Waals surface area contributed by atoms with Crippen molar-refractivity contribution in [3.05, 3.63) is 59.4 Å². The molecule has 1 N–H and O–H groups in total. The second-order valence-electron chi connectivity index (χ2n) is 6.33. The SMILES string of the molecule is CCN(Cc1ccc(OC)c(F)c1)C(C)C(=O)Nc1ccc(C(C)=O)cc1. The van der Waals surface area contributed by atoms with Gasteiger partial charge in [-0.2, -0.15) is 0 Å². The van der Waals surface area contributed by atoms with Crippen LogP contribution < -0.4 is 10.1 Å². The fraction of sp³-hybridized carbons (Fsp3) is 0.333. The van der Waals surface area contributed by atoms with Crippen molar-refractivity contribution < 1.29 is 18.7 Å². The van der Waals surface area contributed by atoms with E-state index < -0.39 is 11.9 Å². The monoisotopic (exact) mass is 372 g/mol. The molecule has 0 heterocycles. The Bertz CT molecular complexity index is 806. The Morgan fingerprint density at radius 3 is 2.37 bits per heavy atom. The third kappa shape index (κ3) is 5.37. The first-order valence-corrected chi connectivity index (χ1v) is 8.84. The summed E-state index contributed by atoms with van der Waals surface area (Å²) in [6.45, 7) is 6.32. The van der Waals surface area contributed by atoms with Crippen LogP contribution in [0.15, 0.2) is 42.5 Å². The molecule has 0 radical (unpaired) electrons. The number of benzene rings is 2. The number of ketones is 1. The molecule has 0 saturated carbocycles. The summed E-state index contributed by atoms with van der Waals surface area (Å²) in [5, 5.41) is 2.85. The Labute approximate surface area is 159 Å². The van der Waals surface area contributed by atoms with Gasteiger partial charge in [0.15, 0.2) is 17.3 Å². The molecule has 0 fully saturated rings. The summed E-state index contributed by atoms with van der Waals surface area (Å²) in [5.41, 5.74) is 1.99. The zero-order valence-corrected chi connectivity index (χ0v) is 16.1.